The van der Waals surface area contributed by atoms with Crippen molar-refractivity contribution in [1.82, 2.24) is 15.5 Å². The van der Waals surface area contributed by atoms with Crippen LogP contribution in [0.3, 0.4) is 0 Å². The molecule has 0 radical (unpaired) electrons. The highest BCUT2D eigenvalue weighted by atomic mass is 16.1. The molecule has 2 heterocycles. The number of nitrogens with one attached hydrogen (secondary N) is 2. The number of nitrogens with zero attached hydrogens (tertiary/aromatic N) is 2. The molecule has 0 saturated carbocycles. The molecule has 2 atom stereocenters. The van der Waals surface area contributed by atoms with Crippen molar-refractivity contribution >= 4 is 5.71 Å². The summed E-state index contributed by atoms with van der Waals surface area (Å²) in [7, 11) is 1.96. The molecule has 3 aromatic rings. The summed E-state index contributed by atoms with van der Waals surface area (Å²) in [6.07, 6.45) is 2.66. The Morgan fingerprint density at radius 3 is 2.72 bits per heavy atom. The van der Waals surface area contributed by atoms with Crippen LogP contribution in [-0.4, -0.2) is 23.0 Å². The summed E-state index contributed by atoms with van der Waals surface area (Å²) < 4.78 is 0. The quantitative estimate of drug-likeness (QED) is 0.723. The molecule has 2 N–H and O–H groups in total. The average Bonchev–Trinajstić information content (AvgIpc) is 2.77. The number of benzene rings is 2. The van der Waals surface area contributed by atoms with Gasteiger partial charge in [0.05, 0.1) is 17.7 Å². The van der Waals surface area contributed by atoms with Gasteiger partial charge in [0, 0.05) is 23.4 Å². The van der Waals surface area contributed by atoms with Crippen LogP contribution in [0.1, 0.15) is 58.3 Å². The molecule has 5 nitrogen and oxygen atoms in total. The van der Waals surface area contributed by atoms with E-state index in [9.17, 15) is 4.79 Å². The van der Waals surface area contributed by atoms with Crippen LogP contribution in [0.2, 0.25) is 0 Å². The van der Waals surface area contributed by atoms with Crippen molar-refractivity contribution in [2.24, 2.45) is 4.99 Å². The summed E-state index contributed by atoms with van der Waals surface area (Å²) in [5.74, 6) is -0.0199. The molecule has 0 amide bonds. The van der Waals surface area contributed by atoms with Crippen LogP contribution in [0.15, 0.2) is 64.4 Å². The summed E-state index contributed by atoms with van der Waals surface area (Å²) in [6.45, 7) is 0.819. The predicted molar refractivity (Wildman–Crippen MR) is 115 cm³/mol. The van der Waals surface area contributed by atoms with Gasteiger partial charge in [-0.15, -0.1) is 0 Å². The van der Waals surface area contributed by atoms with E-state index in [1.165, 1.54) is 16.7 Å². The van der Waals surface area contributed by atoms with E-state index < -0.39 is 0 Å². The first kappa shape index (κ1) is 18.0. The van der Waals surface area contributed by atoms with Gasteiger partial charge in [0.1, 0.15) is 0 Å². The molecule has 5 rings (SSSR count). The number of aromatic amines is 1. The number of hydrogen-bond acceptors (Lipinski definition) is 4. The Morgan fingerprint density at radius 1 is 1.07 bits per heavy atom. The van der Waals surface area contributed by atoms with Crippen LogP contribution in [0.4, 0.5) is 0 Å². The molecule has 2 unspecified atom stereocenters. The maximum atomic E-state index is 12.4. The van der Waals surface area contributed by atoms with Crippen molar-refractivity contribution < 1.29 is 0 Å². The number of hydrogen-bond donors (Lipinski definition) is 2. The first-order valence-electron chi connectivity index (χ1n) is 10.2. The van der Waals surface area contributed by atoms with Gasteiger partial charge in [-0.2, -0.15) is 5.10 Å². The van der Waals surface area contributed by atoms with E-state index in [-0.39, 0.29) is 17.5 Å². The van der Waals surface area contributed by atoms with Crippen molar-refractivity contribution in [2.45, 2.75) is 37.8 Å². The van der Waals surface area contributed by atoms with Crippen molar-refractivity contribution in [3.8, 4) is 0 Å². The second-order valence-electron chi connectivity index (χ2n) is 7.83. The standard InChI is InChI=1S/C24H24N4O/c1-25-14-15-7-5-10-17(13-15)22-20(16-8-3-2-4-9-16)23-21-18(24(29)28-27-23)11-6-12-19(21)26-22/h2-5,7-10,13,20,22,25H,6,11-12,14H2,1H3,(H,28,29). The summed E-state index contributed by atoms with van der Waals surface area (Å²) in [6, 6.07) is 19.0. The van der Waals surface area contributed by atoms with Gasteiger partial charge in [0.2, 0.25) is 0 Å². The van der Waals surface area contributed by atoms with E-state index in [0.29, 0.717) is 0 Å². The van der Waals surface area contributed by atoms with Crippen molar-refractivity contribution in [1.29, 1.82) is 0 Å². The Hall–Kier alpha value is -3.05. The van der Waals surface area contributed by atoms with Gasteiger partial charge in [0.15, 0.2) is 0 Å². The van der Waals surface area contributed by atoms with Gasteiger partial charge in [-0.25, -0.2) is 5.10 Å². The molecule has 2 aromatic carbocycles. The lowest BCUT2D eigenvalue weighted by molar-refractivity contribution is 0.581. The lowest BCUT2D eigenvalue weighted by Crippen LogP contribution is -2.32. The molecule has 0 saturated heterocycles. The highest BCUT2D eigenvalue weighted by Gasteiger charge is 2.37. The molecule has 0 spiro atoms. The van der Waals surface area contributed by atoms with Gasteiger partial charge in [-0.1, -0.05) is 54.6 Å². The largest absolute Gasteiger partial charge is 0.316 e. The van der Waals surface area contributed by atoms with Crippen LogP contribution < -0.4 is 10.9 Å². The molecule has 1 aliphatic carbocycles. The van der Waals surface area contributed by atoms with E-state index >= 15 is 0 Å². The number of aliphatic imine (C=N–C) groups is 1. The van der Waals surface area contributed by atoms with Crippen LogP contribution in [0.5, 0.6) is 0 Å². The Balaban J connectivity index is 1.73. The molecule has 29 heavy (non-hydrogen) atoms. The lowest BCUT2D eigenvalue weighted by Gasteiger charge is -2.34. The maximum Gasteiger partial charge on any atom is 0.268 e. The van der Waals surface area contributed by atoms with Crippen LogP contribution in [-0.2, 0) is 13.0 Å². The normalized spacial score (nSPS) is 20.1. The van der Waals surface area contributed by atoms with Crippen LogP contribution >= 0.6 is 0 Å². The predicted octanol–water partition coefficient (Wildman–Crippen LogP) is 3.50. The second kappa shape index (κ2) is 7.41. The molecule has 0 fully saturated rings. The minimum Gasteiger partial charge on any atom is -0.316 e. The van der Waals surface area contributed by atoms with Crippen LogP contribution in [0.25, 0.3) is 0 Å². The Labute approximate surface area is 169 Å². The highest BCUT2D eigenvalue weighted by Crippen LogP contribution is 2.45. The monoisotopic (exact) mass is 384 g/mol. The Kier molecular flexibility index (Phi) is 4.60. The summed E-state index contributed by atoms with van der Waals surface area (Å²) >= 11 is 0. The average molecular weight is 384 g/mol. The van der Waals surface area contributed by atoms with E-state index in [4.69, 9.17) is 4.99 Å². The molecular weight excluding hydrogens is 360 g/mol. The van der Waals surface area contributed by atoms with Crippen molar-refractivity contribution in [3.63, 3.8) is 0 Å². The van der Waals surface area contributed by atoms with E-state index in [0.717, 1.165) is 48.3 Å². The summed E-state index contributed by atoms with van der Waals surface area (Å²) in [4.78, 5) is 17.7. The lowest BCUT2D eigenvalue weighted by atomic mass is 9.76. The minimum absolute atomic E-state index is 0.0199. The van der Waals surface area contributed by atoms with E-state index in [1.807, 2.05) is 13.1 Å². The Bertz CT molecular complexity index is 1130. The molecule has 2 aliphatic rings. The molecule has 146 valence electrons. The van der Waals surface area contributed by atoms with Gasteiger partial charge in [0.25, 0.3) is 5.56 Å². The number of rotatable bonds is 4. The third-order valence-corrected chi connectivity index (χ3v) is 5.98. The molecule has 1 aromatic heterocycles. The molecule has 5 heteroatoms. The third-order valence-electron chi connectivity index (χ3n) is 5.98. The smallest absolute Gasteiger partial charge is 0.268 e. The fraction of sp³-hybridized carbons (Fsp3) is 0.292. The topological polar surface area (TPSA) is 70.1 Å². The van der Waals surface area contributed by atoms with Gasteiger partial charge in [-0.05, 0) is 43.0 Å². The van der Waals surface area contributed by atoms with Crippen LogP contribution in [0, 0.1) is 0 Å². The first-order valence-corrected chi connectivity index (χ1v) is 10.2. The van der Waals surface area contributed by atoms with Gasteiger partial charge in [-0.3, -0.25) is 9.79 Å². The molecule has 0 bridgehead atoms. The maximum absolute atomic E-state index is 12.4. The van der Waals surface area contributed by atoms with E-state index in [1.54, 1.807) is 0 Å². The zero-order valence-corrected chi connectivity index (χ0v) is 16.5. The first-order chi connectivity index (χ1) is 14.3. The minimum atomic E-state index is -0.0718. The van der Waals surface area contributed by atoms with E-state index in [2.05, 4.69) is 64.0 Å². The van der Waals surface area contributed by atoms with Gasteiger partial charge >= 0.3 is 0 Å². The van der Waals surface area contributed by atoms with Gasteiger partial charge < -0.3 is 5.32 Å². The number of aromatic nitrogens is 2. The zero-order valence-electron chi connectivity index (χ0n) is 16.5. The highest BCUT2D eigenvalue weighted by molar-refractivity contribution is 6.04. The van der Waals surface area contributed by atoms with Crippen molar-refractivity contribution in [3.05, 3.63) is 98.5 Å². The number of H-pyrrole nitrogens is 1. The molecular formula is C24H24N4O. The van der Waals surface area contributed by atoms with Crippen molar-refractivity contribution in [2.75, 3.05) is 7.05 Å². The second-order valence-corrected chi connectivity index (χ2v) is 7.83. The Morgan fingerprint density at radius 2 is 1.90 bits per heavy atom. The zero-order chi connectivity index (χ0) is 19.8. The molecule has 1 aliphatic heterocycles. The fourth-order valence-corrected chi connectivity index (χ4v) is 4.73. The summed E-state index contributed by atoms with van der Waals surface area (Å²) in [5.41, 5.74) is 7.37. The fourth-order valence-electron chi connectivity index (χ4n) is 4.73. The third kappa shape index (κ3) is 3.12. The SMILES string of the molecule is CNCc1cccc(C2N=C3CCCc4c3c(n[nH]c4=O)C2c2ccccc2)c1. The summed E-state index contributed by atoms with van der Waals surface area (Å²) in [5, 5.41) is 10.6.